The van der Waals surface area contributed by atoms with Gasteiger partial charge in [0.05, 0.1) is 11.0 Å². The van der Waals surface area contributed by atoms with Crippen LogP contribution in [0.5, 0.6) is 11.5 Å². The summed E-state index contributed by atoms with van der Waals surface area (Å²) in [6.07, 6.45) is 1.42. The van der Waals surface area contributed by atoms with Gasteiger partial charge in [0.1, 0.15) is 23.4 Å². The zero-order valence-corrected chi connectivity index (χ0v) is 14.6. The van der Waals surface area contributed by atoms with E-state index in [1.165, 1.54) is 24.5 Å². The van der Waals surface area contributed by atoms with Crippen molar-refractivity contribution in [3.63, 3.8) is 0 Å². The first-order valence-corrected chi connectivity index (χ1v) is 9.13. The summed E-state index contributed by atoms with van der Waals surface area (Å²) in [4.78, 5) is 8.40. The molecule has 1 N–H and O–H groups in total. The lowest BCUT2D eigenvalue weighted by molar-refractivity contribution is -0.0499. The number of phenols is 1. The molecule has 2 aromatic heterocycles. The van der Waals surface area contributed by atoms with Crippen molar-refractivity contribution in [2.75, 3.05) is 0 Å². The molecule has 0 saturated heterocycles. The van der Waals surface area contributed by atoms with Crippen LogP contribution >= 0.6 is 0 Å². The van der Waals surface area contributed by atoms with Crippen LogP contribution in [0.25, 0.3) is 27.8 Å². The van der Waals surface area contributed by atoms with Gasteiger partial charge in [-0.3, -0.25) is 4.57 Å². The lowest BCUT2D eigenvalue weighted by Crippen LogP contribution is -2.28. The number of pyridine rings is 1. The molecule has 0 saturated carbocycles. The van der Waals surface area contributed by atoms with E-state index in [1.807, 2.05) is 0 Å². The van der Waals surface area contributed by atoms with Crippen molar-refractivity contribution in [2.24, 2.45) is 0 Å². The Labute approximate surface area is 155 Å². The molecule has 0 aliphatic heterocycles. The molecule has 4 rings (SSSR count). The van der Waals surface area contributed by atoms with Crippen LogP contribution in [0, 0.1) is 0 Å². The van der Waals surface area contributed by atoms with E-state index >= 15 is 0 Å². The van der Waals surface area contributed by atoms with Gasteiger partial charge >= 0.3 is 15.6 Å². The van der Waals surface area contributed by atoms with E-state index in [9.17, 15) is 26.7 Å². The molecular weight excluding hydrogens is 399 g/mol. The lowest BCUT2D eigenvalue weighted by atomic mass is 10.2. The summed E-state index contributed by atoms with van der Waals surface area (Å²) in [5, 5.41) is 9.92. The number of benzene rings is 2. The van der Waals surface area contributed by atoms with Crippen molar-refractivity contribution in [3.05, 3.63) is 54.9 Å². The summed E-state index contributed by atoms with van der Waals surface area (Å²) >= 11 is 0. The summed E-state index contributed by atoms with van der Waals surface area (Å²) in [5.41, 5.74) is -4.56. The number of fused-ring (bicyclic) bond motifs is 2. The van der Waals surface area contributed by atoms with Crippen molar-refractivity contribution in [3.8, 4) is 17.3 Å². The second kappa shape index (κ2) is 6.09. The van der Waals surface area contributed by atoms with E-state index in [2.05, 4.69) is 14.2 Å². The maximum Gasteiger partial charge on any atom is 0.534 e. The predicted octanol–water partition coefficient (Wildman–Crippen LogP) is 3.51. The highest BCUT2D eigenvalue weighted by atomic mass is 32.2. The Kier molecular flexibility index (Phi) is 3.93. The monoisotopic (exact) mass is 409 g/mol. The Morgan fingerprint density at radius 1 is 1.07 bits per heavy atom. The summed E-state index contributed by atoms with van der Waals surface area (Å²) in [6, 6.07) is 11.7. The Balaban J connectivity index is 1.87. The number of halogens is 3. The summed E-state index contributed by atoms with van der Waals surface area (Å²) < 4.78 is 66.6. The quantitative estimate of drug-likeness (QED) is 0.411. The molecule has 2 aromatic carbocycles. The van der Waals surface area contributed by atoms with Gasteiger partial charge in [-0.05, 0) is 30.3 Å². The number of aromatic hydroxyl groups is 1. The number of para-hydroxylation sites is 1. The standard InChI is InChI=1S/C17H10F3N3O4S/c18-17(19,20)28(25,26)27-14-3-1-2-10-4-7-15(22-16(10)14)23-9-21-12-8-11(24)5-6-13(12)23/h1-9,24H. The van der Waals surface area contributed by atoms with E-state index < -0.39 is 21.4 Å². The molecule has 2 heterocycles. The van der Waals surface area contributed by atoms with Gasteiger partial charge in [-0.2, -0.15) is 21.6 Å². The van der Waals surface area contributed by atoms with Crippen molar-refractivity contribution in [1.82, 2.24) is 14.5 Å². The van der Waals surface area contributed by atoms with E-state index in [0.29, 0.717) is 16.4 Å². The second-order valence-corrected chi connectivity index (χ2v) is 7.31. The Morgan fingerprint density at radius 2 is 1.86 bits per heavy atom. The zero-order chi connectivity index (χ0) is 20.1. The van der Waals surface area contributed by atoms with Crippen LogP contribution in [0.3, 0.4) is 0 Å². The zero-order valence-electron chi connectivity index (χ0n) is 13.8. The number of imidazole rings is 1. The fourth-order valence-electron chi connectivity index (χ4n) is 2.66. The first-order chi connectivity index (χ1) is 13.2. The van der Waals surface area contributed by atoms with Crippen molar-refractivity contribution >= 4 is 32.1 Å². The third kappa shape index (κ3) is 2.99. The maximum atomic E-state index is 12.7. The normalized spacial score (nSPS) is 12.5. The Hall–Kier alpha value is -3.34. The average Bonchev–Trinajstić information content (AvgIpc) is 3.03. The second-order valence-electron chi connectivity index (χ2n) is 5.77. The van der Waals surface area contributed by atoms with Gasteiger partial charge in [0.2, 0.25) is 0 Å². The highest BCUT2D eigenvalue weighted by Crippen LogP contribution is 2.31. The van der Waals surface area contributed by atoms with Crippen LogP contribution in [-0.2, 0) is 10.1 Å². The third-order valence-electron chi connectivity index (χ3n) is 3.93. The molecule has 0 bridgehead atoms. The number of rotatable bonds is 3. The predicted molar refractivity (Wildman–Crippen MR) is 93.6 cm³/mol. The van der Waals surface area contributed by atoms with Crippen LogP contribution in [-0.4, -0.2) is 33.6 Å². The number of nitrogens with zero attached hydrogens (tertiary/aromatic N) is 3. The van der Waals surface area contributed by atoms with Crippen LogP contribution in [0.15, 0.2) is 54.9 Å². The van der Waals surface area contributed by atoms with Crippen LogP contribution in [0.4, 0.5) is 13.2 Å². The SMILES string of the molecule is O=S(=O)(Oc1cccc2ccc(-n3cnc4cc(O)ccc43)nc12)C(F)(F)F. The van der Waals surface area contributed by atoms with Gasteiger partial charge in [0, 0.05) is 11.5 Å². The maximum absolute atomic E-state index is 12.7. The Bertz CT molecular complexity index is 1320. The van der Waals surface area contributed by atoms with Gasteiger partial charge in [-0.15, -0.1) is 0 Å². The number of phenolic OH excluding ortho intramolecular Hbond substituents is 1. The minimum atomic E-state index is -5.84. The fraction of sp³-hybridized carbons (Fsp3) is 0.0588. The number of hydrogen-bond donors (Lipinski definition) is 1. The molecule has 11 heteroatoms. The number of aromatic nitrogens is 3. The number of alkyl halides is 3. The van der Waals surface area contributed by atoms with E-state index in [0.717, 1.165) is 6.07 Å². The van der Waals surface area contributed by atoms with Crippen LogP contribution < -0.4 is 4.18 Å². The molecule has 0 radical (unpaired) electrons. The van der Waals surface area contributed by atoms with E-state index in [4.69, 9.17) is 0 Å². The average molecular weight is 409 g/mol. The highest BCUT2D eigenvalue weighted by molar-refractivity contribution is 7.88. The third-order valence-corrected chi connectivity index (χ3v) is 4.90. The minimum Gasteiger partial charge on any atom is -0.508 e. The number of hydrogen-bond acceptors (Lipinski definition) is 6. The molecule has 0 amide bonds. The molecular formula is C17H10F3N3O4S. The molecule has 0 unspecified atom stereocenters. The van der Waals surface area contributed by atoms with E-state index in [1.54, 1.807) is 28.8 Å². The molecule has 144 valence electrons. The van der Waals surface area contributed by atoms with Gasteiger partial charge in [0.15, 0.2) is 5.75 Å². The largest absolute Gasteiger partial charge is 0.534 e. The van der Waals surface area contributed by atoms with Crippen molar-refractivity contribution in [2.45, 2.75) is 5.51 Å². The van der Waals surface area contributed by atoms with Crippen LogP contribution in [0.1, 0.15) is 0 Å². The molecule has 0 aliphatic carbocycles. The first kappa shape index (κ1) is 18.0. The molecule has 28 heavy (non-hydrogen) atoms. The summed E-state index contributed by atoms with van der Waals surface area (Å²) in [6.45, 7) is 0. The van der Waals surface area contributed by atoms with Gasteiger partial charge in [-0.1, -0.05) is 12.1 Å². The van der Waals surface area contributed by atoms with Crippen molar-refractivity contribution < 1.29 is 30.9 Å². The van der Waals surface area contributed by atoms with E-state index in [-0.39, 0.29) is 17.1 Å². The Morgan fingerprint density at radius 3 is 2.61 bits per heavy atom. The van der Waals surface area contributed by atoms with Crippen LogP contribution in [0.2, 0.25) is 0 Å². The molecule has 0 atom stereocenters. The fourth-order valence-corrected chi connectivity index (χ4v) is 3.13. The summed E-state index contributed by atoms with van der Waals surface area (Å²) in [7, 11) is -5.84. The van der Waals surface area contributed by atoms with Gasteiger partial charge in [-0.25, -0.2) is 9.97 Å². The molecule has 7 nitrogen and oxygen atoms in total. The topological polar surface area (TPSA) is 94.3 Å². The summed E-state index contributed by atoms with van der Waals surface area (Å²) in [5.74, 6) is -0.239. The minimum absolute atomic E-state index is 0.0252. The van der Waals surface area contributed by atoms with Crippen molar-refractivity contribution in [1.29, 1.82) is 0 Å². The smallest absolute Gasteiger partial charge is 0.508 e. The lowest BCUT2D eigenvalue weighted by Gasteiger charge is -2.12. The van der Waals surface area contributed by atoms with Gasteiger partial charge in [0.25, 0.3) is 0 Å². The highest BCUT2D eigenvalue weighted by Gasteiger charge is 2.48. The molecule has 0 fully saturated rings. The van der Waals surface area contributed by atoms with Gasteiger partial charge < -0.3 is 9.29 Å². The molecule has 4 aromatic rings. The molecule has 0 spiro atoms. The molecule has 0 aliphatic rings. The first-order valence-electron chi connectivity index (χ1n) is 7.73.